The third-order valence-corrected chi connectivity index (χ3v) is 6.49. The highest BCUT2D eigenvalue weighted by atomic mass is 16.5. The van der Waals surface area contributed by atoms with Gasteiger partial charge < -0.3 is 14.5 Å². The number of hydrogen-bond donors (Lipinski definition) is 0. The topological polar surface area (TPSA) is 32.8 Å². The summed E-state index contributed by atoms with van der Waals surface area (Å²) in [6.45, 7) is 7.10. The van der Waals surface area contributed by atoms with Gasteiger partial charge in [0.2, 0.25) is 0 Å². The number of nitrogens with zero attached hydrogens (tertiary/aromatic N) is 2. The van der Waals surface area contributed by atoms with E-state index in [1.165, 1.54) is 43.5 Å². The number of carbonyl (C=O) groups is 1. The molecule has 0 aromatic heterocycles. The van der Waals surface area contributed by atoms with E-state index in [9.17, 15) is 4.79 Å². The first-order valence-corrected chi connectivity index (χ1v) is 10.9. The van der Waals surface area contributed by atoms with Gasteiger partial charge in [0.25, 0.3) is 5.91 Å². The zero-order valence-corrected chi connectivity index (χ0v) is 17.6. The molecule has 2 heterocycles. The van der Waals surface area contributed by atoms with Crippen LogP contribution in [0.15, 0.2) is 48.5 Å². The summed E-state index contributed by atoms with van der Waals surface area (Å²) in [5.41, 5.74) is 3.25. The van der Waals surface area contributed by atoms with E-state index in [1.54, 1.807) is 7.11 Å². The summed E-state index contributed by atoms with van der Waals surface area (Å²) in [5.74, 6) is 1.85. The summed E-state index contributed by atoms with van der Waals surface area (Å²) in [7, 11) is 1.71. The molecule has 2 aliphatic rings. The lowest BCUT2D eigenvalue weighted by Gasteiger charge is -2.31. The largest absolute Gasteiger partial charge is 0.497 e. The minimum atomic E-state index is 0.152. The van der Waals surface area contributed by atoms with Gasteiger partial charge in [-0.25, -0.2) is 0 Å². The quantitative estimate of drug-likeness (QED) is 0.759. The van der Waals surface area contributed by atoms with Crippen molar-refractivity contribution >= 4 is 5.91 Å². The molecule has 4 nitrogen and oxygen atoms in total. The first kappa shape index (κ1) is 20.0. The lowest BCUT2D eigenvalue weighted by Crippen LogP contribution is -2.36. The molecule has 2 aromatic rings. The molecule has 0 spiro atoms. The Morgan fingerprint density at radius 3 is 2.52 bits per heavy atom. The molecule has 4 rings (SSSR count). The van der Waals surface area contributed by atoms with Gasteiger partial charge in [-0.3, -0.25) is 4.79 Å². The number of hydrogen-bond acceptors (Lipinski definition) is 3. The molecule has 2 aliphatic heterocycles. The predicted octanol–water partition coefficient (Wildman–Crippen LogP) is 4.35. The average molecular weight is 393 g/mol. The third-order valence-electron chi connectivity index (χ3n) is 6.49. The van der Waals surface area contributed by atoms with E-state index < -0.39 is 0 Å². The summed E-state index contributed by atoms with van der Waals surface area (Å²) in [6, 6.07) is 16.3. The van der Waals surface area contributed by atoms with Crippen molar-refractivity contribution in [3.8, 4) is 5.75 Å². The maximum atomic E-state index is 13.2. The number of amides is 1. The maximum Gasteiger partial charge on any atom is 0.253 e. The normalized spacial score (nSPS) is 22.6. The molecule has 4 heteroatoms. The molecule has 154 valence electrons. The number of benzene rings is 2. The summed E-state index contributed by atoms with van der Waals surface area (Å²) >= 11 is 0. The van der Waals surface area contributed by atoms with Gasteiger partial charge in [-0.05, 0) is 68.6 Å². The van der Waals surface area contributed by atoms with E-state index in [-0.39, 0.29) is 5.91 Å². The van der Waals surface area contributed by atoms with Crippen LogP contribution in [0.5, 0.6) is 5.75 Å². The Labute approximate surface area is 174 Å². The monoisotopic (exact) mass is 392 g/mol. The van der Waals surface area contributed by atoms with E-state index in [1.807, 2.05) is 30.3 Å². The van der Waals surface area contributed by atoms with Crippen molar-refractivity contribution in [3.05, 3.63) is 65.2 Å². The van der Waals surface area contributed by atoms with Crippen LogP contribution >= 0.6 is 0 Å². The Balaban J connectivity index is 1.55. The Morgan fingerprint density at radius 2 is 1.79 bits per heavy atom. The zero-order chi connectivity index (χ0) is 20.2. The smallest absolute Gasteiger partial charge is 0.253 e. The van der Waals surface area contributed by atoms with Crippen molar-refractivity contribution < 1.29 is 9.53 Å². The standard InChI is InChI=1S/C25H32N2O2/c1-19-9-11-20(12-10-19)25(28)27-17-22(16-26-13-4-3-5-14-26)24(18-27)21-7-6-8-23(15-21)29-2/h6-12,15,22,24H,3-5,13-14,16-18H2,1-2H3/t22-,24+/m1/s1. The molecule has 2 fully saturated rings. The molecule has 2 aromatic carbocycles. The van der Waals surface area contributed by atoms with Crippen LogP contribution in [0.25, 0.3) is 0 Å². The molecule has 0 saturated carbocycles. The Hall–Kier alpha value is -2.33. The van der Waals surface area contributed by atoms with Crippen molar-refractivity contribution in [1.82, 2.24) is 9.80 Å². The van der Waals surface area contributed by atoms with Crippen molar-refractivity contribution in [2.24, 2.45) is 5.92 Å². The molecule has 0 unspecified atom stereocenters. The Bertz CT molecular complexity index is 827. The number of piperidine rings is 1. The molecule has 29 heavy (non-hydrogen) atoms. The van der Waals surface area contributed by atoms with E-state index >= 15 is 0 Å². The first-order valence-electron chi connectivity index (χ1n) is 10.9. The van der Waals surface area contributed by atoms with E-state index in [0.29, 0.717) is 11.8 Å². The van der Waals surface area contributed by atoms with E-state index in [4.69, 9.17) is 4.74 Å². The molecule has 0 N–H and O–H groups in total. The molecular formula is C25H32N2O2. The van der Waals surface area contributed by atoms with Gasteiger partial charge in [0.1, 0.15) is 5.75 Å². The number of ether oxygens (including phenoxy) is 1. The van der Waals surface area contributed by atoms with Crippen LogP contribution in [0.1, 0.15) is 46.7 Å². The number of rotatable bonds is 5. The summed E-state index contributed by atoms with van der Waals surface area (Å²) < 4.78 is 5.46. The molecule has 0 bridgehead atoms. The van der Waals surface area contributed by atoms with Gasteiger partial charge >= 0.3 is 0 Å². The van der Waals surface area contributed by atoms with Crippen LogP contribution in [-0.2, 0) is 0 Å². The predicted molar refractivity (Wildman–Crippen MR) is 117 cm³/mol. The van der Waals surface area contributed by atoms with Gasteiger partial charge in [-0.15, -0.1) is 0 Å². The SMILES string of the molecule is COc1cccc([C@@H]2CN(C(=O)c3ccc(C)cc3)C[C@H]2CN2CCCCC2)c1. The lowest BCUT2D eigenvalue weighted by molar-refractivity contribution is 0.0782. The molecule has 2 atom stereocenters. The maximum absolute atomic E-state index is 13.2. The fourth-order valence-corrected chi connectivity index (χ4v) is 4.82. The highest BCUT2D eigenvalue weighted by Crippen LogP contribution is 2.36. The van der Waals surface area contributed by atoms with Crippen molar-refractivity contribution in [2.45, 2.75) is 32.1 Å². The van der Waals surface area contributed by atoms with Crippen molar-refractivity contribution in [2.75, 3.05) is 39.8 Å². The van der Waals surface area contributed by atoms with Crippen LogP contribution in [-0.4, -0.2) is 55.5 Å². The van der Waals surface area contributed by atoms with Crippen LogP contribution in [0.2, 0.25) is 0 Å². The fraction of sp³-hybridized carbons (Fsp3) is 0.480. The molecular weight excluding hydrogens is 360 g/mol. The highest BCUT2D eigenvalue weighted by Gasteiger charge is 2.37. The van der Waals surface area contributed by atoms with Crippen LogP contribution in [0.3, 0.4) is 0 Å². The fourth-order valence-electron chi connectivity index (χ4n) is 4.82. The highest BCUT2D eigenvalue weighted by molar-refractivity contribution is 5.94. The summed E-state index contributed by atoms with van der Waals surface area (Å²) in [4.78, 5) is 17.8. The number of carbonyl (C=O) groups excluding carboxylic acids is 1. The zero-order valence-electron chi connectivity index (χ0n) is 17.6. The van der Waals surface area contributed by atoms with Crippen LogP contribution in [0.4, 0.5) is 0 Å². The Morgan fingerprint density at radius 1 is 1.03 bits per heavy atom. The van der Waals surface area contributed by atoms with Gasteiger partial charge in [-0.2, -0.15) is 0 Å². The van der Waals surface area contributed by atoms with Gasteiger partial charge in [0.15, 0.2) is 0 Å². The van der Waals surface area contributed by atoms with E-state index in [0.717, 1.165) is 30.9 Å². The summed E-state index contributed by atoms with van der Waals surface area (Å²) in [6.07, 6.45) is 3.93. The van der Waals surface area contributed by atoms with Crippen LogP contribution < -0.4 is 4.74 Å². The molecule has 0 radical (unpaired) electrons. The third kappa shape index (κ3) is 4.64. The second-order valence-corrected chi connectivity index (χ2v) is 8.58. The molecule has 1 amide bonds. The first-order chi connectivity index (χ1) is 14.1. The van der Waals surface area contributed by atoms with Gasteiger partial charge in [-0.1, -0.05) is 36.2 Å². The molecule has 2 saturated heterocycles. The van der Waals surface area contributed by atoms with Crippen molar-refractivity contribution in [3.63, 3.8) is 0 Å². The molecule has 0 aliphatic carbocycles. The van der Waals surface area contributed by atoms with E-state index in [2.05, 4.69) is 34.9 Å². The van der Waals surface area contributed by atoms with Crippen LogP contribution in [0, 0.1) is 12.8 Å². The Kier molecular flexibility index (Phi) is 6.19. The average Bonchev–Trinajstić information content (AvgIpc) is 3.18. The second-order valence-electron chi connectivity index (χ2n) is 8.58. The number of methoxy groups -OCH3 is 1. The number of aryl methyl sites for hydroxylation is 1. The lowest BCUT2D eigenvalue weighted by atomic mass is 9.88. The summed E-state index contributed by atoms with van der Waals surface area (Å²) in [5, 5.41) is 0. The van der Waals surface area contributed by atoms with Gasteiger partial charge in [0, 0.05) is 31.1 Å². The second kappa shape index (κ2) is 9.00. The minimum Gasteiger partial charge on any atom is -0.497 e. The van der Waals surface area contributed by atoms with Gasteiger partial charge in [0.05, 0.1) is 7.11 Å². The number of likely N-dealkylation sites (tertiary alicyclic amines) is 2. The van der Waals surface area contributed by atoms with Crippen molar-refractivity contribution in [1.29, 1.82) is 0 Å². The minimum absolute atomic E-state index is 0.152.